The van der Waals surface area contributed by atoms with Crippen LogP contribution in [0.4, 0.5) is 4.79 Å². The maximum Gasteiger partial charge on any atom is 0.322 e. The second-order valence-electron chi connectivity index (χ2n) is 7.41. The fraction of sp³-hybridized carbons (Fsp3) is 0.579. The third-order valence-corrected chi connectivity index (χ3v) is 5.72. The Balaban J connectivity index is 1.63. The summed E-state index contributed by atoms with van der Waals surface area (Å²) in [7, 11) is 1.70. The number of aryl methyl sites for hydroxylation is 2. The number of carbonyl (C=O) groups excluding carboxylic acids is 2. The van der Waals surface area contributed by atoms with E-state index in [1.807, 2.05) is 6.92 Å². The van der Waals surface area contributed by atoms with Crippen molar-refractivity contribution in [2.24, 2.45) is 5.92 Å². The highest BCUT2D eigenvalue weighted by molar-refractivity contribution is 6.06. The predicted octanol–water partition coefficient (Wildman–Crippen LogP) is 2.12. The van der Waals surface area contributed by atoms with Crippen LogP contribution in [0.25, 0.3) is 0 Å². The number of methoxy groups -OCH3 is 1. The Morgan fingerprint density at radius 2 is 1.88 bits per heavy atom. The number of imide groups is 1. The number of amides is 3. The largest absolute Gasteiger partial charge is 0.496 e. The van der Waals surface area contributed by atoms with Crippen molar-refractivity contribution in [2.75, 3.05) is 20.2 Å². The fourth-order valence-corrected chi connectivity index (χ4v) is 3.99. The highest BCUT2D eigenvalue weighted by atomic mass is 16.5. The Hall–Kier alpha value is -2.08. The van der Waals surface area contributed by atoms with E-state index in [9.17, 15) is 9.59 Å². The van der Waals surface area contributed by atoms with Crippen molar-refractivity contribution in [1.82, 2.24) is 15.5 Å². The first-order chi connectivity index (χ1) is 11.8. The third kappa shape index (κ3) is 3.35. The van der Waals surface area contributed by atoms with Gasteiger partial charge in [0, 0.05) is 6.54 Å². The molecule has 25 heavy (non-hydrogen) atoms. The third-order valence-electron chi connectivity index (χ3n) is 5.72. The van der Waals surface area contributed by atoms with Crippen LogP contribution in [0.1, 0.15) is 36.5 Å². The molecule has 1 unspecified atom stereocenters. The molecule has 2 N–H and O–H groups in total. The van der Waals surface area contributed by atoms with Gasteiger partial charge >= 0.3 is 6.03 Å². The normalized spacial score (nSPS) is 25.0. The van der Waals surface area contributed by atoms with E-state index in [-0.39, 0.29) is 17.9 Å². The van der Waals surface area contributed by atoms with Gasteiger partial charge in [-0.2, -0.15) is 0 Å². The van der Waals surface area contributed by atoms with Gasteiger partial charge in [-0.25, -0.2) is 4.79 Å². The fourth-order valence-electron chi connectivity index (χ4n) is 3.99. The number of piperidine rings is 1. The van der Waals surface area contributed by atoms with Crippen LogP contribution in [0.5, 0.6) is 5.75 Å². The summed E-state index contributed by atoms with van der Waals surface area (Å²) < 4.78 is 5.39. The van der Waals surface area contributed by atoms with Gasteiger partial charge < -0.3 is 10.1 Å². The molecular weight excluding hydrogens is 318 g/mol. The first kappa shape index (κ1) is 17.7. The van der Waals surface area contributed by atoms with Crippen molar-refractivity contribution in [1.29, 1.82) is 0 Å². The Bertz CT molecular complexity index is 695. The van der Waals surface area contributed by atoms with Crippen molar-refractivity contribution in [3.8, 4) is 5.75 Å². The molecule has 2 aliphatic rings. The summed E-state index contributed by atoms with van der Waals surface area (Å²) in [6.07, 6.45) is 1.80. The Morgan fingerprint density at radius 1 is 1.20 bits per heavy atom. The number of likely N-dealkylation sites (tertiary alicyclic amines) is 1. The number of hydrogen-bond donors (Lipinski definition) is 2. The number of ether oxygens (including phenoxy) is 1. The van der Waals surface area contributed by atoms with Gasteiger partial charge in [0.25, 0.3) is 5.91 Å². The maximum absolute atomic E-state index is 12.1. The second-order valence-corrected chi connectivity index (χ2v) is 7.41. The monoisotopic (exact) mass is 345 g/mol. The molecule has 0 bridgehead atoms. The molecule has 6 heteroatoms. The average molecular weight is 345 g/mol. The molecule has 6 nitrogen and oxygen atoms in total. The molecule has 2 heterocycles. The van der Waals surface area contributed by atoms with E-state index < -0.39 is 5.54 Å². The standard InChI is InChI=1S/C19H27N3O3/c1-12-10-16(25-4)13(2)9-14(12)11-22-7-5-15(6-8-22)19(3)17(23)20-18(24)21-19/h9-10,15H,5-8,11H2,1-4H3,(H2,20,21,23,24). The first-order valence-electron chi connectivity index (χ1n) is 8.83. The summed E-state index contributed by atoms with van der Waals surface area (Å²) in [5.41, 5.74) is 2.93. The zero-order valence-electron chi connectivity index (χ0n) is 15.4. The number of nitrogens with zero attached hydrogens (tertiary/aromatic N) is 1. The van der Waals surface area contributed by atoms with Gasteiger partial charge in [0.1, 0.15) is 11.3 Å². The summed E-state index contributed by atoms with van der Waals surface area (Å²) in [4.78, 5) is 26.0. The Kier molecular flexibility index (Phi) is 4.73. The van der Waals surface area contributed by atoms with Gasteiger partial charge in [0.2, 0.25) is 0 Å². The topological polar surface area (TPSA) is 70.7 Å². The molecule has 0 spiro atoms. The minimum atomic E-state index is -0.768. The molecule has 0 saturated carbocycles. The van der Waals surface area contributed by atoms with Gasteiger partial charge in [-0.3, -0.25) is 15.0 Å². The number of carbonyl (C=O) groups is 2. The smallest absolute Gasteiger partial charge is 0.322 e. The molecule has 136 valence electrons. The molecule has 1 aromatic rings. The lowest BCUT2D eigenvalue weighted by Crippen LogP contribution is -2.53. The molecule has 2 saturated heterocycles. The predicted molar refractivity (Wildman–Crippen MR) is 95.5 cm³/mol. The minimum absolute atomic E-state index is 0.175. The number of rotatable bonds is 4. The lowest BCUT2D eigenvalue weighted by atomic mass is 9.79. The number of hydrogen-bond acceptors (Lipinski definition) is 4. The van der Waals surface area contributed by atoms with Crippen LogP contribution in [-0.2, 0) is 11.3 Å². The van der Waals surface area contributed by atoms with Crippen molar-refractivity contribution >= 4 is 11.9 Å². The van der Waals surface area contributed by atoms with Crippen LogP contribution in [0.15, 0.2) is 12.1 Å². The summed E-state index contributed by atoms with van der Waals surface area (Å²) in [5, 5.41) is 5.18. The van der Waals surface area contributed by atoms with Gasteiger partial charge in [0.15, 0.2) is 0 Å². The molecule has 1 atom stereocenters. The van der Waals surface area contributed by atoms with E-state index in [4.69, 9.17) is 4.74 Å². The molecule has 2 aliphatic heterocycles. The van der Waals surface area contributed by atoms with Gasteiger partial charge in [-0.05, 0) is 75.4 Å². The van der Waals surface area contributed by atoms with E-state index in [0.29, 0.717) is 0 Å². The quantitative estimate of drug-likeness (QED) is 0.820. The molecule has 3 rings (SSSR count). The van der Waals surface area contributed by atoms with E-state index >= 15 is 0 Å². The zero-order chi connectivity index (χ0) is 18.2. The van der Waals surface area contributed by atoms with Gasteiger partial charge in [-0.15, -0.1) is 0 Å². The highest BCUT2D eigenvalue weighted by Gasteiger charge is 2.48. The van der Waals surface area contributed by atoms with Crippen molar-refractivity contribution in [2.45, 2.75) is 45.7 Å². The van der Waals surface area contributed by atoms with Crippen LogP contribution < -0.4 is 15.4 Å². The van der Waals surface area contributed by atoms with E-state index in [0.717, 1.165) is 43.8 Å². The van der Waals surface area contributed by atoms with Crippen LogP contribution >= 0.6 is 0 Å². The molecule has 1 aromatic carbocycles. The summed E-state index contributed by atoms with van der Waals surface area (Å²) in [6, 6.07) is 3.92. The van der Waals surface area contributed by atoms with E-state index in [1.54, 1.807) is 7.11 Å². The van der Waals surface area contributed by atoms with Gasteiger partial charge in [-0.1, -0.05) is 6.07 Å². The highest BCUT2D eigenvalue weighted by Crippen LogP contribution is 2.32. The minimum Gasteiger partial charge on any atom is -0.496 e. The lowest BCUT2D eigenvalue weighted by Gasteiger charge is -2.38. The molecule has 0 aliphatic carbocycles. The van der Waals surface area contributed by atoms with Crippen molar-refractivity contribution < 1.29 is 14.3 Å². The van der Waals surface area contributed by atoms with Crippen molar-refractivity contribution in [3.63, 3.8) is 0 Å². The first-order valence-corrected chi connectivity index (χ1v) is 8.83. The second kappa shape index (κ2) is 6.67. The number of nitrogens with one attached hydrogen (secondary N) is 2. The lowest BCUT2D eigenvalue weighted by molar-refractivity contribution is -0.125. The van der Waals surface area contributed by atoms with Crippen LogP contribution in [0.3, 0.4) is 0 Å². The number of urea groups is 1. The summed E-state index contributed by atoms with van der Waals surface area (Å²) in [6.45, 7) is 8.77. The van der Waals surface area contributed by atoms with Crippen LogP contribution in [-0.4, -0.2) is 42.6 Å². The Labute approximate surface area is 148 Å². The van der Waals surface area contributed by atoms with E-state index in [1.165, 1.54) is 11.1 Å². The SMILES string of the molecule is COc1cc(C)c(CN2CCC(C3(C)NC(=O)NC3=O)CC2)cc1C. The maximum atomic E-state index is 12.1. The average Bonchev–Trinajstić information content (AvgIpc) is 2.84. The number of benzene rings is 1. The molecule has 0 aromatic heterocycles. The molecular formula is C19H27N3O3. The summed E-state index contributed by atoms with van der Waals surface area (Å²) >= 11 is 0. The molecule has 2 fully saturated rings. The van der Waals surface area contributed by atoms with E-state index in [2.05, 4.69) is 41.5 Å². The zero-order valence-corrected chi connectivity index (χ0v) is 15.4. The Morgan fingerprint density at radius 3 is 2.44 bits per heavy atom. The van der Waals surface area contributed by atoms with Crippen molar-refractivity contribution in [3.05, 3.63) is 28.8 Å². The molecule has 3 amide bonds. The van der Waals surface area contributed by atoms with Gasteiger partial charge in [0.05, 0.1) is 7.11 Å². The van der Waals surface area contributed by atoms with Crippen LogP contribution in [0.2, 0.25) is 0 Å². The van der Waals surface area contributed by atoms with Crippen LogP contribution in [0, 0.1) is 19.8 Å². The molecule has 0 radical (unpaired) electrons. The summed E-state index contributed by atoms with van der Waals surface area (Å²) in [5.74, 6) is 0.905.